The van der Waals surface area contributed by atoms with Gasteiger partial charge in [0.2, 0.25) is 0 Å². The highest BCUT2D eigenvalue weighted by Crippen LogP contribution is 2.21. The summed E-state index contributed by atoms with van der Waals surface area (Å²) in [6, 6.07) is 0.0720. The third kappa shape index (κ3) is 2.81. The fourth-order valence-electron chi connectivity index (χ4n) is 1.10. The van der Waals surface area contributed by atoms with Crippen molar-refractivity contribution in [2.24, 2.45) is 5.73 Å². The third-order valence-corrected chi connectivity index (χ3v) is 3.04. The van der Waals surface area contributed by atoms with Gasteiger partial charge in [-0.1, -0.05) is 0 Å². The van der Waals surface area contributed by atoms with Gasteiger partial charge in [-0.05, 0) is 19.4 Å². The first-order chi connectivity index (χ1) is 5.36. The molecule has 4 heteroatoms. The van der Waals surface area contributed by atoms with Crippen molar-refractivity contribution >= 4 is 18.0 Å². The lowest BCUT2D eigenvalue weighted by Crippen LogP contribution is -2.31. The molecule has 0 bridgehead atoms. The number of hydrogen-bond acceptors (Lipinski definition) is 4. The molecule has 0 saturated carbocycles. The molecule has 64 valence electrons. The molecule has 1 heterocycles. The van der Waals surface area contributed by atoms with Crippen molar-refractivity contribution in [3.8, 4) is 0 Å². The number of hydrogen-bond donors (Lipinski definition) is 2. The van der Waals surface area contributed by atoms with Gasteiger partial charge in [-0.25, -0.2) is 0 Å². The molecule has 3 nitrogen and oxygen atoms in total. The van der Waals surface area contributed by atoms with Crippen LogP contribution in [0.25, 0.3) is 0 Å². The van der Waals surface area contributed by atoms with Crippen molar-refractivity contribution in [2.45, 2.75) is 24.3 Å². The van der Waals surface area contributed by atoms with Crippen LogP contribution in [0.3, 0.4) is 0 Å². The zero-order valence-electron chi connectivity index (χ0n) is 6.45. The standard InChI is InChI=1S/C7H14N2OS/c8-3-1-2-7-9-6(4-10)5-11-7/h4,6-7,9H,1-3,5,8H2/t6-,7?/m1/s1. The molecular formula is C7H14N2OS. The second-order valence-corrected chi connectivity index (χ2v) is 3.90. The molecule has 1 aliphatic heterocycles. The predicted molar refractivity (Wildman–Crippen MR) is 47.5 cm³/mol. The Morgan fingerprint density at radius 2 is 2.55 bits per heavy atom. The molecule has 0 radical (unpaired) electrons. The molecule has 0 aromatic rings. The minimum absolute atomic E-state index is 0.0720. The van der Waals surface area contributed by atoms with E-state index >= 15 is 0 Å². The normalized spacial score (nSPS) is 30.6. The van der Waals surface area contributed by atoms with Gasteiger partial charge in [0.25, 0.3) is 0 Å². The highest BCUT2D eigenvalue weighted by molar-refractivity contribution is 8.00. The molecule has 0 aliphatic carbocycles. The van der Waals surface area contributed by atoms with E-state index in [1.165, 1.54) is 0 Å². The average Bonchev–Trinajstić information content (AvgIpc) is 2.48. The van der Waals surface area contributed by atoms with E-state index in [1.807, 2.05) is 11.8 Å². The lowest BCUT2D eigenvalue weighted by atomic mass is 10.3. The lowest BCUT2D eigenvalue weighted by molar-refractivity contribution is -0.109. The van der Waals surface area contributed by atoms with Crippen LogP contribution in [0.15, 0.2) is 0 Å². The molecular weight excluding hydrogens is 160 g/mol. The Morgan fingerprint density at radius 3 is 3.09 bits per heavy atom. The Hall–Kier alpha value is -0.0600. The Morgan fingerprint density at radius 1 is 1.73 bits per heavy atom. The van der Waals surface area contributed by atoms with Gasteiger partial charge < -0.3 is 10.5 Å². The highest BCUT2D eigenvalue weighted by atomic mass is 32.2. The SMILES string of the molecule is NCCCC1N[C@H](C=O)CS1. The molecule has 0 spiro atoms. The van der Waals surface area contributed by atoms with Crippen molar-refractivity contribution in [3.05, 3.63) is 0 Å². The summed E-state index contributed by atoms with van der Waals surface area (Å²) in [5.74, 6) is 0.915. The van der Waals surface area contributed by atoms with Gasteiger partial charge in [0.1, 0.15) is 6.29 Å². The Kier molecular flexibility index (Phi) is 3.90. The molecule has 1 saturated heterocycles. The van der Waals surface area contributed by atoms with Crippen molar-refractivity contribution in [1.82, 2.24) is 5.32 Å². The maximum atomic E-state index is 10.3. The molecule has 0 aromatic carbocycles. The van der Waals surface area contributed by atoms with Crippen LogP contribution >= 0.6 is 11.8 Å². The number of carbonyl (C=O) groups excluding carboxylic acids is 1. The van der Waals surface area contributed by atoms with Gasteiger partial charge in [0.05, 0.1) is 11.4 Å². The lowest BCUT2D eigenvalue weighted by Gasteiger charge is -2.08. The Labute approximate surface area is 71.1 Å². The number of nitrogens with one attached hydrogen (secondary N) is 1. The zero-order chi connectivity index (χ0) is 8.10. The molecule has 3 N–H and O–H groups in total. The molecule has 1 fully saturated rings. The Bertz CT molecular complexity index is 132. The number of aldehydes is 1. The number of rotatable bonds is 4. The van der Waals surface area contributed by atoms with E-state index in [-0.39, 0.29) is 6.04 Å². The van der Waals surface area contributed by atoms with E-state index in [1.54, 1.807) is 0 Å². The Balaban J connectivity index is 2.14. The maximum absolute atomic E-state index is 10.3. The van der Waals surface area contributed by atoms with Crippen molar-refractivity contribution in [2.75, 3.05) is 12.3 Å². The molecule has 2 atom stereocenters. The maximum Gasteiger partial charge on any atom is 0.137 e. The van der Waals surface area contributed by atoms with E-state index < -0.39 is 0 Å². The topological polar surface area (TPSA) is 55.1 Å². The molecule has 1 unspecified atom stereocenters. The van der Waals surface area contributed by atoms with E-state index in [4.69, 9.17) is 5.73 Å². The van der Waals surface area contributed by atoms with Gasteiger partial charge in [-0.2, -0.15) is 0 Å². The summed E-state index contributed by atoms with van der Waals surface area (Å²) in [6.45, 7) is 0.741. The van der Waals surface area contributed by atoms with Crippen LogP contribution in [0.2, 0.25) is 0 Å². The monoisotopic (exact) mass is 174 g/mol. The van der Waals surface area contributed by atoms with Gasteiger partial charge in [-0.3, -0.25) is 5.32 Å². The van der Waals surface area contributed by atoms with Crippen molar-refractivity contribution in [3.63, 3.8) is 0 Å². The number of nitrogens with two attached hydrogens (primary N) is 1. The molecule has 1 aliphatic rings. The fourth-order valence-corrected chi connectivity index (χ4v) is 2.32. The van der Waals surface area contributed by atoms with Crippen LogP contribution in [0, 0.1) is 0 Å². The minimum atomic E-state index is 0.0720. The zero-order valence-corrected chi connectivity index (χ0v) is 7.27. The quantitative estimate of drug-likeness (QED) is 0.587. The van der Waals surface area contributed by atoms with Gasteiger partial charge in [0, 0.05) is 5.75 Å². The first kappa shape index (κ1) is 9.03. The summed E-state index contributed by atoms with van der Waals surface area (Å²) in [4.78, 5) is 10.3. The van der Waals surface area contributed by atoms with Crippen LogP contribution in [-0.4, -0.2) is 30.0 Å². The van der Waals surface area contributed by atoms with E-state index in [0.29, 0.717) is 5.37 Å². The van der Waals surface area contributed by atoms with Crippen LogP contribution in [0.5, 0.6) is 0 Å². The minimum Gasteiger partial charge on any atom is -0.330 e. The second-order valence-electron chi connectivity index (χ2n) is 2.66. The summed E-state index contributed by atoms with van der Waals surface area (Å²) in [7, 11) is 0. The fraction of sp³-hybridized carbons (Fsp3) is 0.857. The van der Waals surface area contributed by atoms with Crippen LogP contribution < -0.4 is 11.1 Å². The smallest absolute Gasteiger partial charge is 0.137 e. The van der Waals surface area contributed by atoms with E-state index in [2.05, 4.69) is 5.32 Å². The molecule has 1 rings (SSSR count). The molecule has 0 amide bonds. The van der Waals surface area contributed by atoms with Crippen LogP contribution in [0.4, 0.5) is 0 Å². The summed E-state index contributed by atoms with van der Waals surface area (Å²) >= 11 is 1.82. The summed E-state index contributed by atoms with van der Waals surface area (Å²) in [6.07, 6.45) is 3.09. The van der Waals surface area contributed by atoms with Gasteiger partial charge in [-0.15, -0.1) is 11.8 Å². The largest absolute Gasteiger partial charge is 0.330 e. The first-order valence-electron chi connectivity index (χ1n) is 3.90. The van der Waals surface area contributed by atoms with Gasteiger partial charge >= 0.3 is 0 Å². The van der Waals surface area contributed by atoms with E-state index in [9.17, 15) is 4.79 Å². The molecule has 0 aromatic heterocycles. The van der Waals surface area contributed by atoms with Crippen molar-refractivity contribution < 1.29 is 4.79 Å². The third-order valence-electron chi connectivity index (χ3n) is 1.71. The summed E-state index contributed by atoms with van der Waals surface area (Å²) < 4.78 is 0. The van der Waals surface area contributed by atoms with Gasteiger partial charge in [0.15, 0.2) is 0 Å². The first-order valence-corrected chi connectivity index (χ1v) is 4.94. The highest BCUT2D eigenvalue weighted by Gasteiger charge is 2.22. The molecule has 11 heavy (non-hydrogen) atoms. The van der Waals surface area contributed by atoms with E-state index in [0.717, 1.165) is 31.4 Å². The predicted octanol–water partition coefficient (Wildman–Crippen LogP) is -0.0447. The number of carbonyl (C=O) groups is 1. The second kappa shape index (κ2) is 4.74. The number of thioether (sulfide) groups is 1. The van der Waals surface area contributed by atoms with Crippen LogP contribution in [-0.2, 0) is 4.79 Å². The van der Waals surface area contributed by atoms with Crippen LogP contribution in [0.1, 0.15) is 12.8 Å². The summed E-state index contributed by atoms with van der Waals surface area (Å²) in [5, 5.41) is 3.67. The average molecular weight is 174 g/mol. The van der Waals surface area contributed by atoms with Crippen molar-refractivity contribution in [1.29, 1.82) is 0 Å². The summed E-state index contributed by atoms with van der Waals surface area (Å²) in [5.41, 5.74) is 5.37.